The zero-order valence-electron chi connectivity index (χ0n) is 19.6. The summed E-state index contributed by atoms with van der Waals surface area (Å²) in [5.74, 6) is -4.91. The number of benzene rings is 2. The van der Waals surface area contributed by atoms with Crippen molar-refractivity contribution in [2.24, 2.45) is 11.8 Å². The lowest BCUT2D eigenvalue weighted by atomic mass is 10.0. The van der Waals surface area contributed by atoms with E-state index in [-0.39, 0.29) is 22.7 Å². The monoisotopic (exact) mass is 651 g/mol. The lowest BCUT2D eigenvalue weighted by Gasteiger charge is -2.14. The summed E-state index contributed by atoms with van der Waals surface area (Å²) in [4.78, 5) is 25.8. The number of nitrogens with one attached hydrogen (secondary N) is 1. The summed E-state index contributed by atoms with van der Waals surface area (Å²) >= 11 is 31.0. The topological polar surface area (TPSA) is 80.3 Å². The van der Waals surface area contributed by atoms with Crippen LogP contribution in [0.5, 0.6) is 0 Å². The van der Waals surface area contributed by atoms with Crippen LogP contribution >= 0.6 is 58.0 Å². The highest BCUT2D eigenvalue weighted by molar-refractivity contribution is 7.91. The highest BCUT2D eigenvalue weighted by atomic mass is 35.5. The average Bonchev–Trinajstić information content (AvgIpc) is 3.34. The predicted octanol–water partition coefficient (Wildman–Crippen LogP) is 7.75. The van der Waals surface area contributed by atoms with Gasteiger partial charge in [0.05, 0.1) is 28.9 Å². The van der Waals surface area contributed by atoms with E-state index in [2.05, 4.69) is 5.32 Å². The quantitative estimate of drug-likeness (QED) is 0.210. The molecule has 5 nitrogen and oxygen atoms in total. The van der Waals surface area contributed by atoms with Gasteiger partial charge in [-0.15, -0.1) is 23.2 Å². The summed E-state index contributed by atoms with van der Waals surface area (Å²) in [7, 11) is -4.03. The first-order valence-corrected chi connectivity index (χ1v) is 14.9. The highest BCUT2D eigenvalue weighted by Crippen LogP contribution is 2.65. The third kappa shape index (κ3) is 8.15. The summed E-state index contributed by atoms with van der Waals surface area (Å²) in [5, 5.41) is 3.41. The number of alkyl halides is 5. The van der Waals surface area contributed by atoms with Crippen molar-refractivity contribution in [2.45, 2.75) is 36.2 Å². The third-order valence-corrected chi connectivity index (χ3v) is 9.49. The van der Waals surface area contributed by atoms with E-state index in [4.69, 9.17) is 58.0 Å². The van der Waals surface area contributed by atoms with Crippen LogP contribution in [0.3, 0.4) is 0 Å². The molecule has 0 saturated heterocycles. The normalized spacial score (nSPS) is 19.6. The first-order chi connectivity index (χ1) is 17.4. The van der Waals surface area contributed by atoms with Crippen LogP contribution in [0.4, 0.5) is 18.9 Å². The molecule has 0 bridgehead atoms. The molecule has 0 aliphatic heterocycles. The fourth-order valence-electron chi connectivity index (χ4n) is 4.13. The fraction of sp³-hybridized carbons (Fsp3) is 0.417. The van der Waals surface area contributed by atoms with Gasteiger partial charge in [0.25, 0.3) is 0 Å². The van der Waals surface area contributed by atoms with Crippen LogP contribution in [0.2, 0.25) is 15.1 Å². The number of ketones is 1. The number of hydrogen-bond donors (Lipinski definition) is 1. The first-order valence-electron chi connectivity index (χ1n) is 11.1. The summed E-state index contributed by atoms with van der Waals surface area (Å²) < 4.78 is 59.7. The van der Waals surface area contributed by atoms with Gasteiger partial charge in [-0.25, -0.2) is 8.42 Å². The molecular formula is C24H21Cl5F3NO4S. The maximum Gasteiger partial charge on any atom is 0.390 e. The van der Waals surface area contributed by atoms with Crippen molar-refractivity contribution in [1.29, 1.82) is 0 Å². The molecular weight excluding hydrogens is 633 g/mol. The fourth-order valence-corrected chi connectivity index (χ4v) is 7.42. The lowest BCUT2D eigenvalue weighted by molar-refractivity contribution is -0.130. The minimum Gasteiger partial charge on any atom is -0.326 e. The van der Waals surface area contributed by atoms with Gasteiger partial charge < -0.3 is 5.32 Å². The van der Waals surface area contributed by atoms with Crippen molar-refractivity contribution >= 4 is 85.2 Å². The molecule has 208 valence electrons. The van der Waals surface area contributed by atoms with Crippen LogP contribution < -0.4 is 5.32 Å². The zero-order valence-corrected chi connectivity index (χ0v) is 24.2. The van der Waals surface area contributed by atoms with Gasteiger partial charge in [-0.05, 0) is 47.9 Å². The number of hydrogen-bond acceptors (Lipinski definition) is 4. The molecule has 3 rings (SSSR count). The summed E-state index contributed by atoms with van der Waals surface area (Å²) in [6.45, 7) is 1.44. The summed E-state index contributed by atoms with van der Waals surface area (Å²) in [6.07, 6.45) is -6.34. The van der Waals surface area contributed by atoms with E-state index >= 15 is 0 Å². The van der Waals surface area contributed by atoms with Crippen LogP contribution in [0.15, 0.2) is 36.4 Å². The van der Waals surface area contributed by atoms with E-state index in [1.165, 1.54) is 31.2 Å². The van der Waals surface area contributed by atoms with Crippen molar-refractivity contribution in [3.8, 4) is 0 Å². The summed E-state index contributed by atoms with van der Waals surface area (Å²) in [6, 6.07) is 8.90. The van der Waals surface area contributed by atoms with Crippen LogP contribution in [0.1, 0.15) is 41.6 Å². The van der Waals surface area contributed by atoms with Gasteiger partial charge in [-0.2, -0.15) is 13.2 Å². The molecule has 0 spiro atoms. The minimum absolute atomic E-state index is 0.0148. The van der Waals surface area contributed by atoms with E-state index in [9.17, 15) is 31.2 Å². The van der Waals surface area contributed by atoms with E-state index in [1.54, 1.807) is 12.1 Å². The third-order valence-electron chi connectivity index (χ3n) is 5.88. The number of carbonyl (C=O) groups is 2. The van der Waals surface area contributed by atoms with Gasteiger partial charge in [0.1, 0.15) is 4.33 Å². The molecule has 0 radical (unpaired) electrons. The molecule has 2 aromatic carbocycles. The van der Waals surface area contributed by atoms with E-state index in [0.29, 0.717) is 15.6 Å². The molecule has 1 saturated carbocycles. The molecule has 38 heavy (non-hydrogen) atoms. The minimum atomic E-state index is -4.60. The van der Waals surface area contributed by atoms with Crippen molar-refractivity contribution < 1.29 is 31.2 Å². The summed E-state index contributed by atoms with van der Waals surface area (Å²) in [5.41, 5.74) is 0.812. The largest absolute Gasteiger partial charge is 0.390 e. The number of sulfone groups is 1. The van der Waals surface area contributed by atoms with Gasteiger partial charge in [-0.1, -0.05) is 41.7 Å². The van der Waals surface area contributed by atoms with Crippen molar-refractivity contribution in [1.82, 2.24) is 0 Å². The van der Waals surface area contributed by atoms with Crippen LogP contribution in [-0.4, -0.2) is 42.1 Å². The van der Waals surface area contributed by atoms with Crippen LogP contribution in [0.25, 0.3) is 0 Å². The maximum absolute atomic E-state index is 13.0. The zero-order chi connectivity index (χ0) is 28.6. The number of Topliss-reactive ketones (excluding diaryl/α,β-unsaturated/α-hetero) is 1. The van der Waals surface area contributed by atoms with Crippen molar-refractivity contribution in [3.63, 3.8) is 0 Å². The Morgan fingerprint density at radius 1 is 1.05 bits per heavy atom. The molecule has 14 heteroatoms. The first kappa shape index (κ1) is 31.3. The Morgan fingerprint density at radius 3 is 2.24 bits per heavy atom. The van der Waals surface area contributed by atoms with Gasteiger partial charge in [0.15, 0.2) is 15.6 Å². The second-order valence-electron chi connectivity index (χ2n) is 9.23. The molecule has 1 fully saturated rings. The van der Waals surface area contributed by atoms with Crippen molar-refractivity contribution in [2.75, 3.05) is 16.8 Å². The predicted molar refractivity (Wildman–Crippen MR) is 145 cm³/mol. The maximum atomic E-state index is 13.0. The Balaban J connectivity index is 1.67. The van der Waals surface area contributed by atoms with Crippen LogP contribution in [0, 0.1) is 11.8 Å². The molecule has 0 aromatic heterocycles. The lowest BCUT2D eigenvalue weighted by Crippen LogP contribution is -2.23. The molecule has 1 aliphatic carbocycles. The standard InChI is InChI=1S/C24H21Cl5F3NO4S/c1-12(11-38(36,37)5-4-23(30,31)32)6-19(34)17-10-16(2-3-18(17)27)33-22(35)21-20(24(21,28)29)13-7-14(25)9-15(26)8-13/h2-3,7-10,12,20-21H,4-6,11H2,1H3,(H,33,35)/t12-,20?,21?/m0/s1. The molecule has 1 amide bonds. The van der Waals surface area contributed by atoms with E-state index in [1.807, 2.05) is 0 Å². The smallest absolute Gasteiger partial charge is 0.326 e. The second kappa shape index (κ2) is 11.7. The number of carbonyl (C=O) groups excluding carboxylic acids is 2. The molecule has 1 aliphatic rings. The second-order valence-corrected chi connectivity index (χ2v) is 14.2. The number of anilines is 1. The van der Waals surface area contributed by atoms with Crippen LogP contribution in [-0.2, 0) is 14.6 Å². The molecule has 2 aromatic rings. The number of halogens is 8. The Bertz CT molecular complexity index is 1330. The van der Waals surface area contributed by atoms with E-state index < -0.39 is 67.7 Å². The Morgan fingerprint density at radius 2 is 1.66 bits per heavy atom. The highest BCUT2D eigenvalue weighted by Gasteiger charge is 2.67. The SMILES string of the molecule is C[C@@H](CC(=O)c1cc(NC(=O)C2C(c3cc(Cl)cc(Cl)c3)C2(Cl)Cl)ccc1Cl)CS(=O)(=O)CCC(F)(F)F. The molecule has 0 heterocycles. The molecule has 1 N–H and O–H groups in total. The van der Waals surface area contributed by atoms with Gasteiger partial charge in [0.2, 0.25) is 5.91 Å². The van der Waals surface area contributed by atoms with Crippen molar-refractivity contribution in [3.05, 3.63) is 62.6 Å². The van der Waals surface area contributed by atoms with Gasteiger partial charge in [0, 0.05) is 33.6 Å². The number of rotatable bonds is 10. The van der Waals surface area contributed by atoms with Gasteiger partial charge >= 0.3 is 6.18 Å². The Hall–Kier alpha value is -1.23. The molecule has 3 atom stereocenters. The van der Waals surface area contributed by atoms with Gasteiger partial charge in [-0.3, -0.25) is 9.59 Å². The average molecular weight is 654 g/mol. The Kier molecular flexibility index (Phi) is 9.65. The Labute approximate surface area is 242 Å². The van der Waals surface area contributed by atoms with E-state index in [0.717, 1.165) is 0 Å². The number of amides is 1. The molecule has 2 unspecified atom stereocenters.